The molecule has 0 bridgehead atoms. The van der Waals surface area contributed by atoms with E-state index in [1.54, 1.807) is 22.3 Å². The van der Waals surface area contributed by atoms with Crippen molar-refractivity contribution in [3.63, 3.8) is 0 Å². The molecule has 0 saturated carbocycles. The first kappa shape index (κ1) is 32.2. The first-order chi connectivity index (χ1) is 17.9. The highest BCUT2D eigenvalue weighted by Crippen LogP contribution is 2.36. The van der Waals surface area contributed by atoms with Gasteiger partial charge in [-0.15, -0.1) is 0 Å². The third kappa shape index (κ3) is 8.34. The number of amides is 3. The van der Waals surface area contributed by atoms with Crippen molar-refractivity contribution in [2.75, 3.05) is 42.5 Å². The van der Waals surface area contributed by atoms with Gasteiger partial charge in [0.1, 0.15) is 12.3 Å². The molecule has 0 radical (unpaired) electrons. The summed E-state index contributed by atoms with van der Waals surface area (Å²) in [5.41, 5.74) is 0.938. The van der Waals surface area contributed by atoms with E-state index in [0.29, 0.717) is 11.4 Å². The van der Waals surface area contributed by atoms with Crippen LogP contribution in [0.25, 0.3) is 0 Å². The van der Waals surface area contributed by atoms with Gasteiger partial charge in [0.15, 0.2) is 6.30 Å². The Balaban J connectivity index is 1.61. The largest absolute Gasteiger partial charge is 0.471 e. The molecule has 19 heteroatoms. The highest BCUT2D eigenvalue weighted by Gasteiger charge is 2.46. The van der Waals surface area contributed by atoms with Crippen molar-refractivity contribution in [1.29, 1.82) is 0 Å². The number of cyclic esters (lactones) is 1. The van der Waals surface area contributed by atoms with Gasteiger partial charge in [-0.1, -0.05) is 69.6 Å². The predicted molar refractivity (Wildman–Crippen MR) is 139 cm³/mol. The number of piperazine rings is 1. The highest BCUT2D eigenvalue weighted by atomic mass is 35.6. The van der Waals surface area contributed by atoms with Crippen LogP contribution in [0.1, 0.15) is 0 Å². The zero-order valence-electron chi connectivity index (χ0n) is 19.3. The standard InChI is InChI=1S/C20H19Cl6F4N5O4/c21-18(22,23)14(32-15(36)19(24,25)26)34-6-5-33(9-13(34)27)10-1-3-11(4-2-10)35-8-12(39-17(35)38)7-31-16(37)20(28,29)30/h1-4,12-14H,5-9H2,(H,31,37)(H,32,36)/t12?,13-,14?/m1/s1. The number of anilines is 2. The van der Waals surface area contributed by atoms with Crippen LogP contribution in [0.3, 0.4) is 0 Å². The molecule has 1 aromatic rings. The molecule has 0 aromatic heterocycles. The molecule has 3 rings (SSSR count). The monoisotopic (exact) mass is 679 g/mol. The Morgan fingerprint density at radius 3 is 2.08 bits per heavy atom. The number of carbonyl (C=O) groups is 3. The number of carbonyl (C=O) groups excluding carboxylic acids is 3. The average molecular weight is 682 g/mol. The summed E-state index contributed by atoms with van der Waals surface area (Å²) in [4.78, 5) is 39.2. The van der Waals surface area contributed by atoms with E-state index in [2.05, 4.69) is 5.32 Å². The summed E-state index contributed by atoms with van der Waals surface area (Å²) in [6, 6.07) is 6.28. The van der Waals surface area contributed by atoms with Gasteiger partial charge < -0.3 is 20.3 Å². The molecule has 0 spiro atoms. The first-order valence-electron chi connectivity index (χ1n) is 10.9. The number of hydrogen-bond donors (Lipinski definition) is 2. The lowest BCUT2D eigenvalue weighted by Crippen LogP contribution is -2.64. The van der Waals surface area contributed by atoms with E-state index in [0.717, 1.165) is 4.90 Å². The van der Waals surface area contributed by atoms with Crippen LogP contribution < -0.4 is 20.4 Å². The summed E-state index contributed by atoms with van der Waals surface area (Å²) >= 11 is 34.5. The van der Waals surface area contributed by atoms with Gasteiger partial charge in [-0.2, -0.15) is 13.2 Å². The molecular weight excluding hydrogens is 663 g/mol. The van der Waals surface area contributed by atoms with Crippen LogP contribution in [-0.2, 0) is 14.3 Å². The third-order valence-corrected chi connectivity index (χ3v) is 6.81. The second-order valence-corrected chi connectivity index (χ2v) is 13.0. The fourth-order valence-corrected chi connectivity index (χ4v) is 4.53. The molecule has 2 aliphatic rings. The number of halogens is 10. The Hall–Kier alpha value is -1.35. The van der Waals surface area contributed by atoms with Crippen LogP contribution in [0, 0.1) is 0 Å². The van der Waals surface area contributed by atoms with Crippen molar-refractivity contribution in [3.05, 3.63) is 24.3 Å². The maximum Gasteiger partial charge on any atom is 0.471 e. The van der Waals surface area contributed by atoms with Gasteiger partial charge in [-0.3, -0.25) is 14.5 Å². The molecule has 2 unspecified atom stereocenters. The van der Waals surface area contributed by atoms with Gasteiger partial charge in [0.25, 0.3) is 9.70 Å². The zero-order valence-corrected chi connectivity index (χ0v) is 23.9. The molecule has 1 aromatic carbocycles. The molecule has 2 saturated heterocycles. The fraction of sp³-hybridized carbons (Fsp3) is 0.550. The summed E-state index contributed by atoms with van der Waals surface area (Å²) in [5.74, 6) is -3.25. The topological polar surface area (TPSA) is 94.2 Å². The van der Waals surface area contributed by atoms with E-state index in [9.17, 15) is 27.6 Å². The van der Waals surface area contributed by atoms with Crippen LogP contribution in [0.5, 0.6) is 0 Å². The van der Waals surface area contributed by atoms with E-state index < -0.39 is 56.8 Å². The van der Waals surface area contributed by atoms with Crippen molar-refractivity contribution in [1.82, 2.24) is 15.5 Å². The molecule has 218 valence electrons. The minimum absolute atomic E-state index is 0.00852. The van der Waals surface area contributed by atoms with Crippen molar-refractivity contribution in [3.8, 4) is 0 Å². The van der Waals surface area contributed by atoms with E-state index >= 15 is 4.39 Å². The Labute approximate surface area is 249 Å². The molecule has 3 amide bonds. The molecule has 2 N–H and O–H groups in total. The molecule has 0 aliphatic carbocycles. The minimum atomic E-state index is -5.05. The maximum absolute atomic E-state index is 15.2. The minimum Gasteiger partial charge on any atom is -0.442 e. The summed E-state index contributed by atoms with van der Waals surface area (Å²) in [7, 11) is 0. The number of nitrogens with one attached hydrogen (secondary N) is 2. The van der Waals surface area contributed by atoms with Gasteiger partial charge in [-0.05, 0) is 24.3 Å². The molecule has 9 nitrogen and oxygen atoms in total. The maximum atomic E-state index is 15.2. The van der Waals surface area contributed by atoms with Crippen molar-refractivity contribution in [2.45, 2.75) is 32.3 Å². The lowest BCUT2D eigenvalue weighted by molar-refractivity contribution is -0.173. The van der Waals surface area contributed by atoms with E-state index in [-0.39, 0.29) is 26.2 Å². The van der Waals surface area contributed by atoms with E-state index in [1.165, 1.54) is 17.0 Å². The van der Waals surface area contributed by atoms with Gasteiger partial charge in [0, 0.05) is 24.5 Å². The average Bonchev–Trinajstić information content (AvgIpc) is 3.19. The van der Waals surface area contributed by atoms with Crippen LogP contribution >= 0.6 is 69.6 Å². The number of alkyl halides is 10. The number of rotatable bonds is 6. The highest BCUT2D eigenvalue weighted by molar-refractivity contribution is 6.76. The summed E-state index contributed by atoms with van der Waals surface area (Å²) in [5, 5.41) is 3.90. The first-order valence-corrected chi connectivity index (χ1v) is 13.2. The Bertz CT molecular complexity index is 1070. The number of nitrogens with zero attached hydrogens (tertiary/aromatic N) is 3. The van der Waals surface area contributed by atoms with Crippen molar-refractivity contribution < 1.29 is 36.7 Å². The van der Waals surface area contributed by atoms with Gasteiger partial charge in [0.05, 0.1) is 19.6 Å². The number of benzene rings is 1. The fourth-order valence-electron chi connectivity index (χ4n) is 3.83. The Kier molecular flexibility index (Phi) is 10.1. The van der Waals surface area contributed by atoms with Crippen LogP contribution in [0.2, 0.25) is 0 Å². The third-order valence-electron chi connectivity index (χ3n) is 5.67. The lowest BCUT2D eigenvalue weighted by Gasteiger charge is -2.44. The summed E-state index contributed by atoms with van der Waals surface area (Å²) in [6.07, 6.45) is -10.0. The predicted octanol–water partition coefficient (Wildman–Crippen LogP) is 4.29. The van der Waals surface area contributed by atoms with Gasteiger partial charge in [-0.25, -0.2) is 14.1 Å². The molecule has 2 fully saturated rings. The SMILES string of the molecule is O=C1OC(CNC(=O)C(F)(F)F)CN1c1ccc(N2CCN(C(NC(=O)C(Cl)(Cl)Cl)C(Cl)(Cl)Cl)[C@@H](F)C2)cc1. The quantitative estimate of drug-likeness (QED) is 0.265. The number of ether oxygens (including phenoxy) is 1. The van der Waals surface area contributed by atoms with Crippen LogP contribution in [-0.4, -0.2) is 87.9 Å². The smallest absolute Gasteiger partial charge is 0.442 e. The van der Waals surface area contributed by atoms with E-state index in [1.807, 2.05) is 0 Å². The normalized spacial score (nSPS) is 21.9. The lowest BCUT2D eigenvalue weighted by atomic mass is 10.2. The van der Waals surface area contributed by atoms with Crippen molar-refractivity contribution in [2.24, 2.45) is 0 Å². The summed E-state index contributed by atoms with van der Waals surface area (Å²) in [6.45, 7) is -0.593. The van der Waals surface area contributed by atoms with Gasteiger partial charge in [0.2, 0.25) is 3.79 Å². The Morgan fingerprint density at radius 2 is 1.56 bits per heavy atom. The molecule has 3 atom stereocenters. The van der Waals surface area contributed by atoms with Crippen molar-refractivity contribution >= 4 is 98.9 Å². The molecular formula is C20H19Cl6F4N5O4. The summed E-state index contributed by atoms with van der Waals surface area (Å²) < 4.78 is 52.8. The van der Waals surface area contributed by atoms with E-state index in [4.69, 9.17) is 74.3 Å². The molecule has 2 aliphatic heterocycles. The Morgan fingerprint density at radius 1 is 0.974 bits per heavy atom. The second-order valence-electron chi connectivity index (χ2n) is 8.37. The van der Waals surface area contributed by atoms with Crippen LogP contribution in [0.4, 0.5) is 33.7 Å². The van der Waals surface area contributed by atoms with Gasteiger partial charge >= 0.3 is 18.2 Å². The second kappa shape index (κ2) is 12.3. The molecule has 39 heavy (non-hydrogen) atoms. The molecule has 2 heterocycles. The van der Waals surface area contributed by atoms with Crippen LogP contribution in [0.15, 0.2) is 24.3 Å². The zero-order chi connectivity index (χ0) is 29.3. The number of hydrogen-bond acceptors (Lipinski definition) is 6.